The van der Waals surface area contributed by atoms with Crippen LogP contribution in [0.15, 0.2) is 61.2 Å². The van der Waals surface area contributed by atoms with Gasteiger partial charge in [0.25, 0.3) is 11.6 Å². The van der Waals surface area contributed by atoms with Gasteiger partial charge in [0.05, 0.1) is 18.1 Å². The van der Waals surface area contributed by atoms with Crippen molar-refractivity contribution in [3.8, 4) is 5.69 Å². The van der Waals surface area contributed by atoms with Crippen LogP contribution in [0, 0.1) is 10.1 Å². The van der Waals surface area contributed by atoms with Crippen LogP contribution in [0.4, 0.5) is 5.69 Å². The summed E-state index contributed by atoms with van der Waals surface area (Å²) in [6, 6.07) is 14.0. The molecule has 3 aromatic rings. The Kier molecular flexibility index (Phi) is 4.81. The van der Waals surface area contributed by atoms with Gasteiger partial charge in [-0.3, -0.25) is 14.9 Å². The summed E-state index contributed by atoms with van der Waals surface area (Å²) in [5, 5.41) is 15.4. The summed E-state index contributed by atoms with van der Waals surface area (Å²) in [5.74, 6) is -0.266. The van der Waals surface area contributed by atoms with E-state index in [1.165, 1.54) is 29.5 Å². The highest BCUT2D eigenvalue weighted by atomic mass is 16.6. The molecule has 9 heteroatoms. The summed E-state index contributed by atoms with van der Waals surface area (Å²) in [6.07, 6.45) is 2.44. The van der Waals surface area contributed by atoms with Crippen LogP contribution in [-0.4, -0.2) is 50.2 Å². The van der Waals surface area contributed by atoms with Crippen molar-refractivity contribution in [3.63, 3.8) is 0 Å². The number of nitro groups is 1. The average Bonchev–Trinajstić information content (AvgIpc) is 3.28. The van der Waals surface area contributed by atoms with Gasteiger partial charge >= 0.3 is 0 Å². The lowest BCUT2D eigenvalue weighted by Gasteiger charge is -2.33. The van der Waals surface area contributed by atoms with Gasteiger partial charge in [-0.25, -0.2) is 9.67 Å². The minimum absolute atomic E-state index is 0.204. The molecule has 0 radical (unpaired) electrons. The van der Waals surface area contributed by atoms with Crippen molar-refractivity contribution in [2.75, 3.05) is 19.7 Å². The summed E-state index contributed by atoms with van der Waals surface area (Å²) in [6.45, 7) is 1.23. The fraction of sp³-hybridized carbons (Fsp3) is 0.211. The van der Waals surface area contributed by atoms with Crippen molar-refractivity contribution in [2.45, 2.75) is 6.10 Å². The van der Waals surface area contributed by atoms with Gasteiger partial charge in [0.1, 0.15) is 24.4 Å². The molecular weight excluding hydrogens is 362 g/mol. The van der Waals surface area contributed by atoms with Crippen LogP contribution in [0.3, 0.4) is 0 Å². The minimum atomic E-state index is -0.528. The first-order valence-corrected chi connectivity index (χ1v) is 8.73. The molecule has 1 fully saturated rings. The van der Waals surface area contributed by atoms with E-state index in [4.69, 9.17) is 4.74 Å². The molecule has 0 spiro atoms. The Hall–Kier alpha value is -3.59. The van der Waals surface area contributed by atoms with E-state index in [2.05, 4.69) is 10.1 Å². The average molecular weight is 379 g/mol. The van der Waals surface area contributed by atoms with Crippen molar-refractivity contribution in [2.24, 2.45) is 0 Å². The summed E-state index contributed by atoms with van der Waals surface area (Å²) < 4.78 is 7.09. The van der Waals surface area contributed by atoms with E-state index in [1.807, 2.05) is 30.3 Å². The molecule has 1 aliphatic rings. The molecule has 0 saturated carbocycles. The molecule has 1 atom stereocenters. The smallest absolute Gasteiger partial charge is 0.295 e. The van der Waals surface area contributed by atoms with Crippen molar-refractivity contribution < 1.29 is 14.5 Å². The summed E-state index contributed by atoms with van der Waals surface area (Å²) in [7, 11) is 0. The van der Waals surface area contributed by atoms with Gasteiger partial charge in [-0.2, -0.15) is 5.10 Å². The number of hydrogen-bond acceptors (Lipinski definition) is 6. The third-order valence-corrected chi connectivity index (χ3v) is 4.61. The number of rotatable bonds is 4. The largest absolute Gasteiger partial charge is 0.370 e. The van der Waals surface area contributed by atoms with Gasteiger partial charge in [-0.1, -0.05) is 30.3 Å². The Labute approximate surface area is 160 Å². The minimum Gasteiger partial charge on any atom is -0.370 e. The molecule has 0 bridgehead atoms. The highest BCUT2D eigenvalue weighted by molar-refractivity contribution is 5.95. The van der Waals surface area contributed by atoms with E-state index in [9.17, 15) is 14.9 Å². The predicted molar refractivity (Wildman–Crippen MR) is 99.1 cm³/mol. The lowest BCUT2D eigenvalue weighted by Crippen LogP contribution is -2.42. The first kappa shape index (κ1) is 17.8. The van der Waals surface area contributed by atoms with E-state index in [-0.39, 0.29) is 28.9 Å². The molecular formula is C19H17N5O4. The molecule has 9 nitrogen and oxygen atoms in total. The lowest BCUT2D eigenvalue weighted by atomic mass is 10.1. The van der Waals surface area contributed by atoms with Crippen LogP contribution in [0.5, 0.6) is 0 Å². The molecule has 0 N–H and O–H groups in total. The third kappa shape index (κ3) is 3.47. The lowest BCUT2D eigenvalue weighted by molar-refractivity contribution is -0.384. The van der Waals surface area contributed by atoms with Gasteiger partial charge < -0.3 is 9.64 Å². The third-order valence-electron chi connectivity index (χ3n) is 4.61. The molecule has 1 aliphatic heterocycles. The molecule has 4 rings (SSSR count). The Morgan fingerprint density at radius 3 is 2.75 bits per heavy atom. The van der Waals surface area contributed by atoms with E-state index >= 15 is 0 Å². The number of ether oxygens (including phenoxy) is 1. The fourth-order valence-electron chi connectivity index (χ4n) is 3.21. The first-order valence-electron chi connectivity index (χ1n) is 8.73. The van der Waals surface area contributed by atoms with Crippen molar-refractivity contribution in [1.82, 2.24) is 19.7 Å². The Morgan fingerprint density at radius 1 is 1.21 bits per heavy atom. The van der Waals surface area contributed by atoms with E-state index in [0.29, 0.717) is 19.7 Å². The number of hydrogen-bond donors (Lipinski definition) is 0. The number of amides is 1. The number of benzene rings is 2. The normalized spacial score (nSPS) is 16.7. The molecule has 1 aromatic heterocycles. The van der Waals surface area contributed by atoms with E-state index in [0.717, 1.165) is 5.56 Å². The predicted octanol–water partition coefficient (Wildman–Crippen LogP) is 2.39. The zero-order valence-electron chi connectivity index (χ0n) is 14.8. The first-order chi connectivity index (χ1) is 13.6. The summed E-state index contributed by atoms with van der Waals surface area (Å²) in [5.41, 5.74) is 1.30. The Bertz CT molecular complexity index is 991. The van der Waals surface area contributed by atoms with Crippen molar-refractivity contribution in [3.05, 3.63) is 82.4 Å². The van der Waals surface area contributed by atoms with E-state index in [1.54, 1.807) is 11.0 Å². The SMILES string of the molecule is O=C(c1ccc(-n2cncn2)c([N+](=O)[O-])c1)N1CCOC(c2ccccc2)C1. The molecule has 1 amide bonds. The van der Waals surface area contributed by atoms with Gasteiger partial charge in [0.15, 0.2) is 0 Å². The number of nitrogens with zero attached hydrogens (tertiary/aromatic N) is 5. The maximum absolute atomic E-state index is 13.0. The number of carbonyl (C=O) groups excluding carboxylic acids is 1. The van der Waals surface area contributed by atoms with Gasteiger partial charge in [-0.15, -0.1) is 0 Å². The number of aromatic nitrogens is 3. The quantitative estimate of drug-likeness (QED) is 0.509. The molecule has 2 aromatic carbocycles. The maximum Gasteiger partial charge on any atom is 0.295 e. The molecule has 1 saturated heterocycles. The van der Waals surface area contributed by atoms with Crippen molar-refractivity contribution >= 4 is 11.6 Å². The maximum atomic E-state index is 13.0. The molecule has 2 heterocycles. The zero-order valence-corrected chi connectivity index (χ0v) is 14.8. The Balaban J connectivity index is 1.59. The van der Waals surface area contributed by atoms with Crippen LogP contribution < -0.4 is 0 Å². The van der Waals surface area contributed by atoms with Crippen molar-refractivity contribution in [1.29, 1.82) is 0 Å². The van der Waals surface area contributed by atoms with Gasteiger partial charge in [-0.05, 0) is 17.7 Å². The highest BCUT2D eigenvalue weighted by Crippen LogP contribution is 2.26. The highest BCUT2D eigenvalue weighted by Gasteiger charge is 2.28. The van der Waals surface area contributed by atoms with Crippen LogP contribution >= 0.6 is 0 Å². The molecule has 28 heavy (non-hydrogen) atoms. The van der Waals surface area contributed by atoms with Crippen LogP contribution in [0.2, 0.25) is 0 Å². The monoisotopic (exact) mass is 379 g/mol. The second-order valence-corrected chi connectivity index (χ2v) is 6.32. The number of nitro benzene ring substituents is 1. The summed E-state index contributed by atoms with van der Waals surface area (Å²) >= 11 is 0. The topological polar surface area (TPSA) is 103 Å². The second-order valence-electron chi connectivity index (χ2n) is 6.32. The van der Waals surface area contributed by atoms with E-state index < -0.39 is 4.92 Å². The molecule has 142 valence electrons. The molecule has 1 unspecified atom stereocenters. The Morgan fingerprint density at radius 2 is 2.04 bits per heavy atom. The van der Waals surface area contributed by atoms with Gasteiger partial charge in [0, 0.05) is 18.2 Å². The number of morpholine rings is 1. The van der Waals surface area contributed by atoms with Crippen LogP contribution in [0.25, 0.3) is 5.69 Å². The fourth-order valence-corrected chi connectivity index (χ4v) is 3.21. The zero-order chi connectivity index (χ0) is 19.5. The van der Waals surface area contributed by atoms with Crippen LogP contribution in [0.1, 0.15) is 22.0 Å². The molecule has 0 aliphatic carbocycles. The number of carbonyl (C=O) groups is 1. The summed E-state index contributed by atoms with van der Waals surface area (Å²) in [4.78, 5) is 29.4. The van der Waals surface area contributed by atoms with Gasteiger partial charge in [0.2, 0.25) is 0 Å². The second kappa shape index (κ2) is 7.57. The standard InChI is InChI=1S/C19H17N5O4/c25-19(22-8-9-28-18(11-22)14-4-2-1-3-5-14)15-6-7-16(17(10-15)24(26)27)23-13-20-12-21-23/h1-7,10,12-13,18H,8-9,11H2. The van der Waals surface area contributed by atoms with Crippen LogP contribution in [-0.2, 0) is 4.74 Å².